The minimum Gasteiger partial charge on any atom is -0.452 e. The molecular weight excluding hydrogens is 419 g/mol. The number of hydrogen-bond acceptors (Lipinski definition) is 6. The van der Waals surface area contributed by atoms with E-state index < -0.39 is 46.5 Å². The fourth-order valence-electron chi connectivity index (χ4n) is 2.60. The van der Waals surface area contributed by atoms with Crippen LogP contribution in [-0.2, 0) is 15.7 Å². The molecule has 8 nitrogen and oxygen atoms in total. The van der Waals surface area contributed by atoms with E-state index >= 15 is 0 Å². The first-order valence-corrected chi connectivity index (χ1v) is 9.29. The number of unbranched alkanes of at least 4 members (excludes halogenated alkanes) is 1. The van der Waals surface area contributed by atoms with Crippen molar-refractivity contribution in [1.29, 1.82) is 0 Å². The molecule has 2 N–H and O–H groups in total. The number of ether oxygens (including phenoxy) is 1. The minimum atomic E-state index is -4.94. The van der Waals surface area contributed by atoms with Gasteiger partial charge in [0.25, 0.3) is 11.6 Å². The number of amides is 1. The lowest BCUT2D eigenvalue weighted by Gasteiger charge is -2.14. The van der Waals surface area contributed by atoms with Crippen LogP contribution in [0.15, 0.2) is 42.5 Å². The van der Waals surface area contributed by atoms with E-state index in [1.807, 2.05) is 12.2 Å². The molecule has 0 radical (unpaired) electrons. The van der Waals surface area contributed by atoms with Crippen molar-refractivity contribution in [2.75, 3.05) is 23.8 Å². The number of hydrogen-bond donors (Lipinski definition) is 2. The van der Waals surface area contributed by atoms with Gasteiger partial charge in [-0.3, -0.25) is 14.9 Å². The third-order valence-electron chi connectivity index (χ3n) is 4.12. The molecule has 11 heteroatoms. The summed E-state index contributed by atoms with van der Waals surface area (Å²) in [6.45, 7) is 1.80. The number of esters is 1. The predicted octanol–water partition coefficient (Wildman–Crippen LogP) is 4.62. The molecule has 0 aliphatic heterocycles. The van der Waals surface area contributed by atoms with Gasteiger partial charge in [-0.05, 0) is 24.6 Å². The number of carbonyl (C=O) groups excluding carboxylic acids is 2. The van der Waals surface area contributed by atoms with Crippen molar-refractivity contribution >= 4 is 28.9 Å². The molecule has 0 saturated carbocycles. The molecule has 0 unspecified atom stereocenters. The van der Waals surface area contributed by atoms with Crippen molar-refractivity contribution in [2.24, 2.45) is 0 Å². The summed E-state index contributed by atoms with van der Waals surface area (Å²) in [5.74, 6) is -1.85. The van der Waals surface area contributed by atoms with Gasteiger partial charge in [0.15, 0.2) is 6.61 Å². The molecule has 0 heterocycles. The van der Waals surface area contributed by atoms with Crippen LogP contribution in [0.5, 0.6) is 0 Å². The molecule has 0 fully saturated rings. The predicted molar refractivity (Wildman–Crippen MR) is 107 cm³/mol. The third kappa shape index (κ3) is 6.69. The standard InChI is InChI=1S/C20H20F3N3O5/c1-2-3-10-24-16-7-5-4-6-14(16)19(28)31-12-18(27)25-17-9-8-13(26(29)30)11-15(17)20(21,22)23/h4-9,11,24H,2-3,10,12H2,1H3,(H,25,27). The quantitative estimate of drug-likeness (QED) is 0.255. The number of para-hydroxylation sites is 1. The van der Waals surface area contributed by atoms with Crippen molar-refractivity contribution in [3.63, 3.8) is 0 Å². The van der Waals surface area contributed by atoms with Crippen LogP contribution >= 0.6 is 0 Å². The van der Waals surface area contributed by atoms with Gasteiger partial charge in [-0.25, -0.2) is 4.79 Å². The number of nitrogens with one attached hydrogen (secondary N) is 2. The number of alkyl halides is 3. The van der Waals surface area contributed by atoms with Gasteiger partial charge in [-0.1, -0.05) is 25.5 Å². The zero-order chi connectivity index (χ0) is 23.0. The van der Waals surface area contributed by atoms with E-state index in [4.69, 9.17) is 4.74 Å². The van der Waals surface area contributed by atoms with Crippen LogP contribution in [0, 0.1) is 10.1 Å². The summed E-state index contributed by atoms with van der Waals surface area (Å²) in [6.07, 6.45) is -3.11. The molecule has 1 amide bonds. The second-order valence-corrected chi connectivity index (χ2v) is 6.43. The molecule has 2 aromatic carbocycles. The third-order valence-corrected chi connectivity index (χ3v) is 4.12. The second-order valence-electron chi connectivity index (χ2n) is 6.43. The molecule has 2 aromatic rings. The molecule has 0 aliphatic rings. The highest BCUT2D eigenvalue weighted by atomic mass is 19.4. The first-order chi connectivity index (χ1) is 14.6. The zero-order valence-electron chi connectivity index (χ0n) is 16.5. The van der Waals surface area contributed by atoms with Crippen LogP contribution in [0.25, 0.3) is 0 Å². The van der Waals surface area contributed by atoms with Gasteiger partial charge < -0.3 is 15.4 Å². The highest BCUT2D eigenvalue weighted by Gasteiger charge is 2.35. The van der Waals surface area contributed by atoms with Crippen LogP contribution in [-0.4, -0.2) is 30.0 Å². The number of anilines is 2. The van der Waals surface area contributed by atoms with E-state index in [-0.39, 0.29) is 5.56 Å². The van der Waals surface area contributed by atoms with Crippen LogP contribution < -0.4 is 10.6 Å². The summed E-state index contributed by atoms with van der Waals surface area (Å²) in [5, 5.41) is 15.8. The molecule has 0 atom stereocenters. The number of carbonyl (C=O) groups is 2. The average molecular weight is 439 g/mol. The molecule has 0 bridgehead atoms. The van der Waals surface area contributed by atoms with E-state index in [2.05, 4.69) is 5.32 Å². The molecule has 166 valence electrons. The van der Waals surface area contributed by atoms with E-state index in [9.17, 15) is 32.9 Å². The summed E-state index contributed by atoms with van der Waals surface area (Å²) >= 11 is 0. The summed E-state index contributed by atoms with van der Waals surface area (Å²) in [5.41, 5.74) is -2.15. The van der Waals surface area contributed by atoms with Gasteiger partial charge in [0, 0.05) is 24.4 Å². The maximum atomic E-state index is 13.2. The normalized spacial score (nSPS) is 11.0. The lowest BCUT2D eigenvalue weighted by Crippen LogP contribution is -2.23. The fraction of sp³-hybridized carbons (Fsp3) is 0.300. The van der Waals surface area contributed by atoms with Crippen molar-refractivity contribution in [3.8, 4) is 0 Å². The summed E-state index contributed by atoms with van der Waals surface area (Å²) in [4.78, 5) is 34.1. The van der Waals surface area contributed by atoms with Crippen LogP contribution in [0.3, 0.4) is 0 Å². The monoisotopic (exact) mass is 439 g/mol. The fourth-order valence-corrected chi connectivity index (χ4v) is 2.60. The van der Waals surface area contributed by atoms with E-state index in [0.717, 1.165) is 25.0 Å². The lowest BCUT2D eigenvalue weighted by atomic mass is 10.1. The molecule has 0 aliphatic carbocycles. The van der Waals surface area contributed by atoms with Crippen molar-refractivity contribution in [2.45, 2.75) is 25.9 Å². The first kappa shape index (κ1) is 23.6. The number of nitrogens with zero attached hydrogens (tertiary/aromatic N) is 1. The Balaban J connectivity index is 2.06. The van der Waals surface area contributed by atoms with Gasteiger partial charge in [0.05, 0.1) is 21.7 Å². The van der Waals surface area contributed by atoms with Crippen LogP contribution in [0.4, 0.5) is 30.2 Å². The molecule has 2 rings (SSSR count). The highest BCUT2D eigenvalue weighted by molar-refractivity contribution is 5.98. The maximum absolute atomic E-state index is 13.2. The molecular formula is C20H20F3N3O5. The number of benzene rings is 2. The Hall–Kier alpha value is -3.63. The Labute approximate surface area is 175 Å². The minimum absolute atomic E-state index is 0.178. The Bertz CT molecular complexity index is 963. The van der Waals surface area contributed by atoms with Gasteiger partial charge in [-0.2, -0.15) is 13.2 Å². The Morgan fingerprint density at radius 2 is 1.84 bits per heavy atom. The number of halogens is 3. The average Bonchev–Trinajstić information content (AvgIpc) is 2.72. The van der Waals surface area contributed by atoms with Gasteiger partial charge >= 0.3 is 12.1 Å². The summed E-state index contributed by atoms with van der Waals surface area (Å²) in [6, 6.07) is 8.40. The van der Waals surface area contributed by atoms with E-state index in [1.165, 1.54) is 6.07 Å². The largest absolute Gasteiger partial charge is 0.452 e. The van der Waals surface area contributed by atoms with Crippen molar-refractivity contribution in [3.05, 3.63) is 63.7 Å². The van der Waals surface area contributed by atoms with Gasteiger partial charge in [-0.15, -0.1) is 0 Å². The zero-order valence-corrected chi connectivity index (χ0v) is 16.5. The second kappa shape index (κ2) is 10.4. The molecule has 0 saturated heterocycles. The molecule has 0 aromatic heterocycles. The van der Waals surface area contributed by atoms with Gasteiger partial charge in [0.1, 0.15) is 0 Å². The van der Waals surface area contributed by atoms with Crippen molar-refractivity contribution < 1.29 is 32.4 Å². The number of non-ortho nitro benzene ring substituents is 1. The number of nitro groups is 1. The van der Waals surface area contributed by atoms with Crippen LogP contribution in [0.1, 0.15) is 35.7 Å². The molecule has 0 spiro atoms. The smallest absolute Gasteiger partial charge is 0.418 e. The summed E-state index contributed by atoms with van der Waals surface area (Å²) < 4.78 is 44.5. The highest BCUT2D eigenvalue weighted by Crippen LogP contribution is 2.37. The molecule has 31 heavy (non-hydrogen) atoms. The van der Waals surface area contributed by atoms with Crippen molar-refractivity contribution in [1.82, 2.24) is 0 Å². The Morgan fingerprint density at radius 1 is 1.13 bits per heavy atom. The Morgan fingerprint density at radius 3 is 2.48 bits per heavy atom. The lowest BCUT2D eigenvalue weighted by molar-refractivity contribution is -0.385. The van der Waals surface area contributed by atoms with Crippen LogP contribution in [0.2, 0.25) is 0 Å². The maximum Gasteiger partial charge on any atom is 0.418 e. The van der Waals surface area contributed by atoms with E-state index in [1.54, 1.807) is 18.2 Å². The topological polar surface area (TPSA) is 111 Å². The summed E-state index contributed by atoms with van der Waals surface area (Å²) in [7, 11) is 0. The van der Waals surface area contributed by atoms with Gasteiger partial charge in [0.2, 0.25) is 0 Å². The number of rotatable bonds is 9. The first-order valence-electron chi connectivity index (χ1n) is 9.29. The number of nitro benzene ring substituents is 1. The Kier molecular flexibility index (Phi) is 7.94. The van der Waals surface area contributed by atoms with E-state index in [0.29, 0.717) is 18.3 Å². The SMILES string of the molecule is CCCCNc1ccccc1C(=O)OCC(=O)Nc1ccc([N+](=O)[O-])cc1C(F)(F)F.